The van der Waals surface area contributed by atoms with Crippen molar-refractivity contribution in [3.8, 4) is 11.6 Å². The molecule has 0 aliphatic rings. The highest BCUT2D eigenvalue weighted by Crippen LogP contribution is 2.24. The number of nitrogens with zero attached hydrogens (tertiary/aromatic N) is 2. The van der Waals surface area contributed by atoms with Gasteiger partial charge in [-0.1, -0.05) is 0 Å². The molecule has 2 aromatic heterocycles. The quantitative estimate of drug-likeness (QED) is 0.918. The van der Waals surface area contributed by atoms with Gasteiger partial charge in [-0.3, -0.25) is 4.98 Å². The molecule has 0 saturated heterocycles. The number of aryl methyl sites for hydroxylation is 1. The number of nitrogen functional groups attached to an aromatic ring is 1. The second kappa shape index (κ2) is 4.49. The maximum absolute atomic E-state index is 5.61. The molecule has 4 nitrogen and oxygen atoms in total. The average Bonchev–Trinajstić information content (AvgIpc) is 2.22. The van der Waals surface area contributed by atoms with Gasteiger partial charge in [-0.05, 0) is 35.0 Å². The first kappa shape index (κ1) is 10.9. The molecule has 16 heavy (non-hydrogen) atoms. The maximum Gasteiger partial charge on any atom is 0.222 e. The zero-order valence-electron chi connectivity index (χ0n) is 8.64. The van der Waals surface area contributed by atoms with Crippen LogP contribution in [0.3, 0.4) is 0 Å². The Bertz CT molecular complexity index is 516. The zero-order chi connectivity index (χ0) is 11.5. The number of pyridine rings is 2. The summed E-state index contributed by atoms with van der Waals surface area (Å²) in [5, 5.41) is 0. The molecule has 0 fully saturated rings. The van der Waals surface area contributed by atoms with Gasteiger partial charge < -0.3 is 10.5 Å². The summed E-state index contributed by atoms with van der Waals surface area (Å²) in [6.07, 6.45) is 4.88. The van der Waals surface area contributed by atoms with Gasteiger partial charge in [0.2, 0.25) is 5.88 Å². The van der Waals surface area contributed by atoms with Gasteiger partial charge in [0, 0.05) is 16.2 Å². The molecular weight excluding hydrogens is 270 g/mol. The first-order chi connectivity index (χ1) is 7.65. The summed E-state index contributed by atoms with van der Waals surface area (Å²) < 4.78 is 6.45. The van der Waals surface area contributed by atoms with Crippen LogP contribution in [0.15, 0.2) is 35.2 Å². The van der Waals surface area contributed by atoms with E-state index in [1.54, 1.807) is 18.6 Å². The summed E-state index contributed by atoms with van der Waals surface area (Å²) >= 11 is 3.32. The number of ether oxygens (including phenoxy) is 1. The molecule has 0 spiro atoms. The number of halogens is 1. The third kappa shape index (κ3) is 2.49. The van der Waals surface area contributed by atoms with Crippen molar-refractivity contribution in [2.75, 3.05) is 5.73 Å². The number of hydrogen-bond acceptors (Lipinski definition) is 4. The molecule has 2 aromatic rings. The molecule has 0 bridgehead atoms. The maximum atomic E-state index is 5.61. The SMILES string of the molecule is Cc1cc(N)cnc1Oc1cncc(Br)c1. The Morgan fingerprint density at radius 2 is 2.06 bits per heavy atom. The molecule has 0 aliphatic carbocycles. The number of rotatable bonds is 2. The van der Waals surface area contributed by atoms with Crippen LogP contribution in [0.1, 0.15) is 5.56 Å². The van der Waals surface area contributed by atoms with Crippen molar-refractivity contribution < 1.29 is 4.74 Å². The monoisotopic (exact) mass is 279 g/mol. The lowest BCUT2D eigenvalue weighted by Gasteiger charge is -2.07. The predicted octanol–water partition coefficient (Wildman–Crippen LogP) is 2.92. The molecule has 82 valence electrons. The summed E-state index contributed by atoms with van der Waals surface area (Å²) in [6.45, 7) is 1.89. The van der Waals surface area contributed by atoms with Crippen molar-refractivity contribution >= 4 is 21.6 Å². The standard InChI is InChI=1S/C11H10BrN3O/c1-7-2-9(13)5-15-11(7)16-10-3-8(12)4-14-6-10/h2-6H,13H2,1H3. The third-order valence-electron chi connectivity index (χ3n) is 1.95. The van der Waals surface area contributed by atoms with Crippen molar-refractivity contribution in [1.29, 1.82) is 0 Å². The molecule has 0 radical (unpaired) electrons. The largest absolute Gasteiger partial charge is 0.437 e. The van der Waals surface area contributed by atoms with Crippen LogP contribution in [0.25, 0.3) is 0 Å². The summed E-state index contributed by atoms with van der Waals surface area (Å²) in [4.78, 5) is 8.12. The molecule has 2 heterocycles. The van der Waals surface area contributed by atoms with E-state index < -0.39 is 0 Å². The average molecular weight is 280 g/mol. The number of hydrogen-bond donors (Lipinski definition) is 1. The first-order valence-electron chi connectivity index (χ1n) is 4.65. The van der Waals surface area contributed by atoms with Crippen LogP contribution in [0.5, 0.6) is 11.6 Å². The number of nitrogens with two attached hydrogens (primary N) is 1. The topological polar surface area (TPSA) is 61.0 Å². The van der Waals surface area contributed by atoms with Gasteiger partial charge in [-0.2, -0.15) is 0 Å². The minimum absolute atomic E-state index is 0.536. The summed E-state index contributed by atoms with van der Waals surface area (Å²) in [5.74, 6) is 1.17. The lowest BCUT2D eigenvalue weighted by atomic mass is 10.3. The molecule has 5 heteroatoms. The van der Waals surface area contributed by atoms with Gasteiger partial charge in [-0.25, -0.2) is 4.98 Å². The zero-order valence-corrected chi connectivity index (χ0v) is 10.2. The minimum Gasteiger partial charge on any atom is -0.437 e. The van der Waals surface area contributed by atoms with Gasteiger partial charge >= 0.3 is 0 Å². The van der Waals surface area contributed by atoms with Crippen molar-refractivity contribution in [2.24, 2.45) is 0 Å². The van der Waals surface area contributed by atoms with Gasteiger partial charge in [0.25, 0.3) is 0 Å². The van der Waals surface area contributed by atoms with E-state index in [0.29, 0.717) is 17.3 Å². The van der Waals surface area contributed by atoms with Crippen LogP contribution >= 0.6 is 15.9 Å². The fourth-order valence-corrected chi connectivity index (χ4v) is 1.59. The van der Waals surface area contributed by atoms with Gasteiger partial charge in [0.15, 0.2) is 0 Å². The molecule has 0 saturated carbocycles. The Hall–Kier alpha value is -1.62. The first-order valence-corrected chi connectivity index (χ1v) is 5.45. The van der Waals surface area contributed by atoms with Gasteiger partial charge in [0.05, 0.1) is 18.1 Å². The predicted molar refractivity (Wildman–Crippen MR) is 65.4 cm³/mol. The van der Waals surface area contributed by atoms with E-state index in [4.69, 9.17) is 10.5 Å². The molecule has 2 N–H and O–H groups in total. The highest BCUT2D eigenvalue weighted by Gasteiger charge is 2.04. The lowest BCUT2D eigenvalue weighted by molar-refractivity contribution is 0.456. The van der Waals surface area contributed by atoms with Crippen molar-refractivity contribution in [2.45, 2.75) is 6.92 Å². The molecule has 0 unspecified atom stereocenters. The van der Waals surface area contributed by atoms with Crippen LogP contribution < -0.4 is 10.5 Å². The van der Waals surface area contributed by atoms with E-state index >= 15 is 0 Å². The summed E-state index contributed by atoms with van der Waals surface area (Å²) in [6, 6.07) is 3.64. The summed E-state index contributed by atoms with van der Waals surface area (Å²) in [7, 11) is 0. The summed E-state index contributed by atoms with van der Waals surface area (Å²) in [5.41, 5.74) is 7.12. The second-order valence-corrected chi connectivity index (χ2v) is 4.25. The highest BCUT2D eigenvalue weighted by atomic mass is 79.9. The minimum atomic E-state index is 0.536. The molecule has 0 amide bonds. The van der Waals surface area contributed by atoms with Crippen LogP contribution in [0, 0.1) is 6.92 Å². The third-order valence-corrected chi connectivity index (χ3v) is 2.38. The van der Waals surface area contributed by atoms with Crippen molar-refractivity contribution in [1.82, 2.24) is 9.97 Å². The Kier molecular flexibility index (Phi) is 3.05. The molecule has 0 atom stereocenters. The van der Waals surface area contributed by atoms with E-state index in [2.05, 4.69) is 25.9 Å². The molecule has 2 rings (SSSR count). The Balaban J connectivity index is 2.27. The van der Waals surface area contributed by atoms with Crippen molar-refractivity contribution in [3.63, 3.8) is 0 Å². The van der Waals surface area contributed by atoms with Crippen molar-refractivity contribution in [3.05, 3.63) is 40.8 Å². The molecule has 0 aliphatic heterocycles. The van der Waals surface area contributed by atoms with Crippen LogP contribution in [0.2, 0.25) is 0 Å². The van der Waals surface area contributed by atoms with Crippen LogP contribution in [-0.4, -0.2) is 9.97 Å². The van der Waals surface area contributed by atoms with Crippen LogP contribution in [0.4, 0.5) is 5.69 Å². The molecular formula is C11H10BrN3O. The Morgan fingerprint density at radius 1 is 1.25 bits per heavy atom. The fraction of sp³-hybridized carbons (Fsp3) is 0.0909. The lowest BCUT2D eigenvalue weighted by Crippen LogP contribution is -1.94. The van der Waals surface area contributed by atoms with E-state index in [9.17, 15) is 0 Å². The smallest absolute Gasteiger partial charge is 0.222 e. The fourth-order valence-electron chi connectivity index (χ4n) is 1.25. The van der Waals surface area contributed by atoms with E-state index in [0.717, 1.165) is 10.0 Å². The second-order valence-electron chi connectivity index (χ2n) is 3.33. The Labute approximate surface area is 102 Å². The Morgan fingerprint density at radius 3 is 2.75 bits per heavy atom. The molecule has 0 aromatic carbocycles. The van der Waals surface area contributed by atoms with E-state index in [1.807, 2.05) is 19.1 Å². The number of anilines is 1. The van der Waals surface area contributed by atoms with E-state index in [1.165, 1.54) is 0 Å². The van der Waals surface area contributed by atoms with E-state index in [-0.39, 0.29) is 0 Å². The number of aromatic nitrogens is 2. The van der Waals surface area contributed by atoms with Gasteiger partial charge in [0.1, 0.15) is 5.75 Å². The normalized spacial score (nSPS) is 10.1. The van der Waals surface area contributed by atoms with Gasteiger partial charge in [-0.15, -0.1) is 0 Å². The van der Waals surface area contributed by atoms with Crippen LogP contribution in [-0.2, 0) is 0 Å². The highest BCUT2D eigenvalue weighted by molar-refractivity contribution is 9.10.